The lowest BCUT2D eigenvalue weighted by atomic mass is 10.0. The third kappa shape index (κ3) is 5.87. The number of aliphatic imine (C=N–C) groups is 1. The Morgan fingerprint density at radius 3 is 2.61 bits per heavy atom. The van der Waals surface area contributed by atoms with Crippen LogP contribution in [0.2, 0.25) is 0 Å². The summed E-state index contributed by atoms with van der Waals surface area (Å²) in [6.07, 6.45) is 4.28. The fourth-order valence-corrected chi connectivity index (χ4v) is 5.29. The third-order valence-corrected chi connectivity index (χ3v) is 7.39. The van der Waals surface area contributed by atoms with Gasteiger partial charge in [-0.05, 0) is 55.2 Å². The van der Waals surface area contributed by atoms with Gasteiger partial charge in [0, 0.05) is 50.2 Å². The van der Waals surface area contributed by atoms with E-state index in [0.717, 1.165) is 62.0 Å². The Kier molecular flexibility index (Phi) is 8.31. The summed E-state index contributed by atoms with van der Waals surface area (Å²) < 4.78 is 16.9. The number of methoxy groups -OCH3 is 1. The maximum absolute atomic E-state index is 9.31. The number of nitriles is 1. The van der Waals surface area contributed by atoms with Gasteiger partial charge in [0.15, 0.2) is 5.96 Å². The number of ether oxygens (including phenoxy) is 3. The van der Waals surface area contributed by atoms with Crippen molar-refractivity contribution in [1.82, 2.24) is 10.2 Å². The molecule has 5 rings (SSSR count). The van der Waals surface area contributed by atoms with Crippen LogP contribution in [0.25, 0.3) is 5.57 Å². The molecule has 0 radical (unpaired) electrons. The monoisotopic (exact) mass is 516 g/mol. The Morgan fingerprint density at radius 2 is 1.92 bits per heavy atom. The van der Waals surface area contributed by atoms with E-state index < -0.39 is 0 Å². The summed E-state index contributed by atoms with van der Waals surface area (Å²) in [5.74, 6) is 2.03. The van der Waals surface area contributed by atoms with Gasteiger partial charge in [0.1, 0.15) is 17.6 Å². The molecule has 0 saturated carbocycles. The molecular formula is C29H36N6O3. The Balaban J connectivity index is 1.19. The normalized spacial score (nSPS) is 18.6. The van der Waals surface area contributed by atoms with Crippen molar-refractivity contribution in [3.8, 4) is 17.6 Å². The van der Waals surface area contributed by atoms with E-state index in [0.29, 0.717) is 36.5 Å². The van der Waals surface area contributed by atoms with Crippen LogP contribution in [0.1, 0.15) is 30.9 Å². The molecule has 3 heterocycles. The number of benzene rings is 2. The summed E-state index contributed by atoms with van der Waals surface area (Å²) >= 11 is 0. The summed E-state index contributed by atoms with van der Waals surface area (Å²) in [5, 5.41) is 15.9. The van der Waals surface area contributed by atoms with Crippen LogP contribution in [0, 0.1) is 11.3 Å². The Labute approximate surface area is 224 Å². The van der Waals surface area contributed by atoms with Crippen molar-refractivity contribution in [2.75, 3.05) is 69.9 Å². The molecule has 0 atom stereocenters. The number of rotatable bonds is 7. The van der Waals surface area contributed by atoms with Crippen molar-refractivity contribution in [2.45, 2.75) is 25.8 Å². The highest BCUT2D eigenvalue weighted by atomic mass is 16.5. The number of piperidine rings is 1. The molecule has 2 aromatic carbocycles. The van der Waals surface area contributed by atoms with Gasteiger partial charge in [-0.3, -0.25) is 4.90 Å². The Hall–Kier alpha value is -3.74. The van der Waals surface area contributed by atoms with Crippen LogP contribution in [-0.2, 0) is 4.74 Å². The van der Waals surface area contributed by atoms with E-state index in [1.54, 1.807) is 13.2 Å². The first kappa shape index (κ1) is 25.9. The van der Waals surface area contributed by atoms with Gasteiger partial charge >= 0.3 is 0 Å². The van der Waals surface area contributed by atoms with Crippen LogP contribution in [0.4, 0.5) is 11.4 Å². The molecule has 3 aliphatic rings. The van der Waals surface area contributed by atoms with E-state index >= 15 is 0 Å². The van der Waals surface area contributed by atoms with Crippen molar-refractivity contribution < 1.29 is 14.2 Å². The molecule has 0 aromatic heterocycles. The lowest BCUT2D eigenvalue weighted by Gasteiger charge is -2.40. The second-order valence-electron chi connectivity index (χ2n) is 9.61. The molecule has 9 heteroatoms. The second kappa shape index (κ2) is 12.2. The maximum Gasteiger partial charge on any atom is 0.200 e. The first-order valence-electron chi connectivity index (χ1n) is 13.4. The van der Waals surface area contributed by atoms with E-state index in [1.165, 1.54) is 18.5 Å². The topological polar surface area (TPSA) is 94.4 Å². The minimum absolute atomic E-state index is 0.505. The number of nitrogens with zero attached hydrogens (tertiary/aromatic N) is 4. The molecule has 0 amide bonds. The molecule has 0 unspecified atom stereocenters. The molecule has 0 spiro atoms. The van der Waals surface area contributed by atoms with Crippen molar-refractivity contribution in [2.24, 2.45) is 4.99 Å². The molecule has 2 aromatic rings. The van der Waals surface area contributed by atoms with Gasteiger partial charge in [0.2, 0.25) is 0 Å². The van der Waals surface area contributed by atoms with E-state index in [2.05, 4.69) is 49.7 Å². The zero-order chi connectivity index (χ0) is 26.3. The standard InChI is InChI=1S/C29H36N6O3/c1-3-38-27-16-21(4-5-22(27)18-30)23-19-31-29(32-20-23)33-26-7-6-25(17-28(26)36-2)34-10-8-24(9-11-34)35-12-14-37-15-13-35/h4-7,16-17,19,24H,3,8-15,20H2,1-2H3,(H2,31,32,33). The predicted molar refractivity (Wildman–Crippen MR) is 150 cm³/mol. The first-order valence-corrected chi connectivity index (χ1v) is 13.4. The smallest absolute Gasteiger partial charge is 0.200 e. The highest BCUT2D eigenvalue weighted by molar-refractivity contribution is 5.98. The van der Waals surface area contributed by atoms with Crippen LogP contribution >= 0.6 is 0 Å². The summed E-state index contributed by atoms with van der Waals surface area (Å²) in [6.45, 7) is 8.82. The highest BCUT2D eigenvalue weighted by Crippen LogP contribution is 2.32. The molecule has 0 bridgehead atoms. The minimum atomic E-state index is 0.505. The zero-order valence-corrected chi connectivity index (χ0v) is 22.2. The van der Waals surface area contributed by atoms with Crippen LogP contribution < -0.4 is 25.0 Å². The van der Waals surface area contributed by atoms with Crippen molar-refractivity contribution in [1.29, 1.82) is 5.26 Å². The third-order valence-electron chi connectivity index (χ3n) is 7.39. The largest absolute Gasteiger partial charge is 0.494 e. The first-order chi connectivity index (χ1) is 18.7. The summed E-state index contributed by atoms with van der Waals surface area (Å²) in [6, 6.07) is 14.8. The van der Waals surface area contributed by atoms with Gasteiger partial charge in [0.25, 0.3) is 0 Å². The van der Waals surface area contributed by atoms with Crippen molar-refractivity contribution in [3.63, 3.8) is 0 Å². The number of anilines is 2. The van der Waals surface area contributed by atoms with Crippen LogP contribution in [0.3, 0.4) is 0 Å². The molecule has 2 N–H and O–H groups in total. The number of hydrogen-bond donors (Lipinski definition) is 2. The molecule has 200 valence electrons. The Morgan fingerprint density at radius 1 is 1.11 bits per heavy atom. The fourth-order valence-electron chi connectivity index (χ4n) is 5.29. The predicted octanol–water partition coefficient (Wildman–Crippen LogP) is 3.68. The summed E-state index contributed by atoms with van der Waals surface area (Å²) in [5.41, 5.74) is 4.56. The van der Waals surface area contributed by atoms with Gasteiger partial charge in [-0.25, -0.2) is 4.99 Å². The van der Waals surface area contributed by atoms with Crippen LogP contribution in [-0.4, -0.2) is 76.6 Å². The fraction of sp³-hybridized carbons (Fsp3) is 0.448. The van der Waals surface area contributed by atoms with E-state index in [9.17, 15) is 5.26 Å². The van der Waals surface area contributed by atoms with Crippen molar-refractivity contribution >= 4 is 22.9 Å². The van der Waals surface area contributed by atoms with Crippen molar-refractivity contribution in [3.05, 3.63) is 53.7 Å². The average Bonchev–Trinajstić information content (AvgIpc) is 2.98. The second-order valence-corrected chi connectivity index (χ2v) is 9.61. The van der Waals surface area contributed by atoms with E-state index in [4.69, 9.17) is 14.2 Å². The molecule has 2 saturated heterocycles. The molecule has 38 heavy (non-hydrogen) atoms. The molecule has 3 aliphatic heterocycles. The number of hydrogen-bond acceptors (Lipinski definition) is 9. The lowest BCUT2D eigenvalue weighted by Crippen LogP contribution is -2.49. The van der Waals surface area contributed by atoms with E-state index in [-0.39, 0.29) is 0 Å². The molecule has 0 aliphatic carbocycles. The lowest BCUT2D eigenvalue weighted by molar-refractivity contribution is 0.0115. The Bertz CT molecular complexity index is 1220. The van der Waals surface area contributed by atoms with E-state index in [1.807, 2.05) is 25.3 Å². The maximum atomic E-state index is 9.31. The highest BCUT2D eigenvalue weighted by Gasteiger charge is 2.26. The van der Waals surface area contributed by atoms with Crippen LogP contribution in [0.5, 0.6) is 11.5 Å². The minimum Gasteiger partial charge on any atom is -0.494 e. The number of guanidine groups is 1. The van der Waals surface area contributed by atoms with Crippen LogP contribution in [0.15, 0.2) is 47.6 Å². The summed E-state index contributed by atoms with van der Waals surface area (Å²) in [4.78, 5) is 9.72. The zero-order valence-electron chi connectivity index (χ0n) is 22.2. The SMILES string of the molecule is CCOc1cc(C2=CNC(Nc3ccc(N4CCC(N5CCOCC5)CC4)cc3OC)=NC2)ccc1C#N. The number of nitrogens with one attached hydrogen (secondary N) is 2. The average molecular weight is 517 g/mol. The summed E-state index contributed by atoms with van der Waals surface area (Å²) in [7, 11) is 1.70. The van der Waals surface area contributed by atoms with Gasteiger partial charge in [0.05, 0.1) is 44.7 Å². The quantitative estimate of drug-likeness (QED) is 0.576. The molecule has 9 nitrogen and oxygen atoms in total. The molecular weight excluding hydrogens is 480 g/mol. The number of morpholine rings is 1. The molecule has 2 fully saturated rings. The van der Waals surface area contributed by atoms with Gasteiger partial charge in [-0.1, -0.05) is 6.07 Å². The van der Waals surface area contributed by atoms with Gasteiger partial charge in [-0.2, -0.15) is 5.26 Å². The van der Waals surface area contributed by atoms with Gasteiger partial charge in [-0.15, -0.1) is 0 Å². The van der Waals surface area contributed by atoms with Gasteiger partial charge < -0.3 is 29.7 Å².